The van der Waals surface area contributed by atoms with E-state index in [1.807, 2.05) is 35.2 Å². The van der Waals surface area contributed by atoms with Gasteiger partial charge in [0.05, 0.1) is 17.1 Å². The highest BCUT2D eigenvalue weighted by Gasteiger charge is 2.41. The largest absolute Gasteiger partial charge is 0.481 e. The Balaban J connectivity index is 1.45. The van der Waals surface area contributed by atoms with E-state index in [4.69, 9.17) is 16.3 Å². The van der Waals surface area contributed by atoms with Crippen LogP contribution in [0.2, 0.25) is 5.02 Å². The van der Waals surface area contributed by atoms with Crippen LogP contribution in [0.1, 0.15) is 18.4 Å². The average Bonchev–Trinajstić information content (AvgIpc) is 3.70. The SMILES string of the molecule is O=c1c(OCc2ccccc2)c(N2CCN(S(=O)(=O)C3CC3)CC2)cnn1-c1cccc(Cl)c1. The molecule has 2 fully saturated rings. The van der Waals surface area contributed by atoms with Gasteiger partial charge in [0.15, 0.2) is 0 Å². The summed E-state index contributed by atoms with van der Waals surface area (Å²) in [5, 5.41) is 4.64. The van der Waals surface area contributed by atoms with Crippen LogP contribution in [-0.2, 0) is 16.6 Å². The first kappa shape index (κ1) is 22.9. The monoisotopic (exact) mass is 500 g/mol. The molecule has 1 aromatic heterocycles. The third kappa shape index (κ3) is 4.68. The zero-order valence-electron chi connectivity index (χ0n) is 18.5. The molecule has 0 atom stereocenters. The minimum Gasteiger partial charge on any atom is -0.481 e. The predicted octanol–water partition coefficient (Wildman–Crippen LogP) is 3.08. The quantitative estimate of drug-likeness (QED) is 0.495. The highest BCUT2D eigenvalue weighted by atomic mass is 35.5. The first-order valence-corrected chi connectivity index (χ1v) is 13.1. The van der Waals surface area contributed by atoms with Gasteiger partial charge in [-0.2, -0.15) is 14.1 Å². The van der Waals surface area contributed by atoms with Gasteiger partial charge >= 0.3 is 5.56 Å². The molecule has 0 N–H and O–H groups in total. The molecule has 5 rings (SSSR count). The first-order chi connectivity index (χ1) is 16.4. The molecule has 10 heteroatoms. The molecule has 2 aliphatic rings. The molecule has 178 valence electrons. The maximum atomic E-state index is 13.5. The summed E-state index contributed by atoms with van der Waals surface area (Å²) in [6.07, 6.45) is 3.09. The summed E-state index contributed by atoms with van der Waals surface area (Å²) in [6, 6.07) is 16.5. The molecular formula is C24H25ClN4O4S. The fraction of sp³-hybridized carbons (Fsp3) is 0.333. The minimum absolute atomic E-state index is 0.178. The van der Waals surface area contributed by atoms with E-state index < -0.39 is 15.6 Å². The Kier molecular flexibility index (Phi) is 6.33. The lowest BCUT2D eigenvalue weighted by Crippen LogP contribution is -2.50. The van der Waals surface area contributed by atoms with Gasteiger partial charge in [0.2, 0.25) is 15.8 Å². The van der Waals surface area contributed by atoms with Crippen LogP contribution < -0.4 is 15.2 Å². The van der Waals surface area contributed by atoms with Crippen molar-refractivity contribution >= 4 is 27.3 Å². The van der Waals surface area contributed by atoms with E-state index >= 15 is 0 Å². The number of anilines is 1. The van der Waals surface area contributed by atoms with Gasteiger partial charge in [0.1, 0.15) is 12.3 Å². The second-order valence-corrected chi connectivity index (χ2v) is 11.1. The van der Waals surface area contributed by atoms with Crippen molar-refractivity contribution in [1.29, 1.82) is 0 Å². The number of ether oxygens (including phenoxy) is 1. The zero-order valence-corrected chi connectivity index (χ0v) is 20.1. The lowest BCUT2D eigenvalue weighted by Gasteiger charge is -2.35. The Hall–Kier alpha value is -2.88. The maximum Gasteiger partial charge on any atom is 0.316 e. The second kappa shape index (κ2) is 9.40. The average molecular weight is 501 g/mol. The van der Waals surface area contributed by atoms with Crippen LogP contribution in [0.3, 0.4) is 0 Å². The van der Waals surface area contributed by atoms with Crippen molar-refractivity contribution in [2.45, 2.75) is 24.7 Å². The van der Waals surface area contributed by atoms with E-state index in [0.29, 0.717) is 42.6 Å². The molecule has 34 heavy (non-hydrogen) atoms. The smallest absolute Gasteiger partial charge is 0.316 e. The molecule has 0 unspecified atom stereocenters. The first-order valence-electron chi connectivity index (χ1n) is 11.2. The Morgan fingerprint density at radius 1 is 1.00 bits per heavy atom. The van der Waals surface area contributed by atoms with Crippen molar-refractivity contribution in [1.82, 2.24) is 14.1 Å². The Morgan fingerprint density at radius 3 is 2.41 bits per heavy atom. The number of rotatable bonds is 7. The van der Waals surface area contributed by atoms with Crippen molar-refractivity contribution in [2.75, 3.05) is 31.1 Å². The fourth-order valence-corrected chi connectivity index (χ4v) is 6.08. The summed E-state index contributed by atoms with van der Waals surface area (Å²) >= 11 is 6.12. The van der Waals surface area contributed by atoms with Gasteiger partial charge in [-0.15, -0.1) is 0 Å². The van der Waals surface area contributed by atoms with Gasteiger partial charge in [-0.25, -0.2) is 8.42 Å². The van der Waals surface area contributed by atoms with E-state index in [1.165, 1.54) is 4.68 Å². The molecule has 1 saturated heterocycles. The maximum absolute atomic E-state index is 13.5. The van der Waals surface area contributed by atoms with Gasteiger partial charge in [0.25, 0.3) is 0 Å². The number of benzene rings is 2. The number of halogens is 1. The van der Waals surface area contributed by atoms with Gasteiger partial charge < -0.3 is 9.64 Å². The van der Waals surface area contributed by atoms with E-state index in [-0.39, 0.29) is 17.6 Å². The Labute approximate surface area is 203 Å². The van der Waals surface area contributed by atoms with Crippen LogP contribution in [0.5, 0.6) is 5.75 Å². The summed E-state index contributed by atoms with van der Waals surface area (Å²) in [6.45, 7) is 1.87. The number of nitrogens with zero attached hydrogens (tertiary/aromatic N) is 4. The third-order valence-corrected chi connectivity index (χ3v) is 8.71. The van der Waals surface area contributed by atoms with Crippen LogP contribution in [0, 0.1) is 0 Å². The van der Waals surface area contributed by atoms with Crippen LogP contribution in [-0.4, -0.2) is 53.9 Å². The summed E-state index contributed by atoms with van der Waals surface area (Å²) < 4.78 is 34.1. The molecule has 2 heterocycles. The lowest BCUT2D eigenvalue weighted by molar-refractivity contribution is 0.297. The number of piperazine rings is 1. The topological polar surface area (TPSA) is 84.7 Å². The highest BCUT2D eigenvalue weighted by molar-refractivity contribution is 7.90. The van der Waals surface area contributed by atoms with Gasteiger partial charge in [-0.1, -0.05) is 48.0 Å². The lowest BCUT2D eigenvalue weighted by atomic mass is 10.2. The Bertz CT molecular complexity index is 1330. The number of aromatic nitrogens is 2. The highest BCUT2D eigenvalue weighted by Crippen LogP contribution is 2.33. The van der Waals surface area contributed by atoms with Crippen molar-refractivity contribution in [3.05, 3.63) is 81.7 Å². The predicted molar refractivity (Wildman–Crippen MR) is 131 cm³/mol. The van der Waals surface area contributed by atoms with Gasteiger partial charge in [0, 0.05) is 31.2 Å². The molecule has 1 aliphatic carbocycles. The molecule has 0 radical (unpaired) electrons. The molecule has 0 amide bonds. The fourth-order valence-electron chi connectivity index (χ4n) is 4.07. The number of hydrogen-bond donors (Lipinski definition) is 0. The molecule has 0 bridgehead atoms. The third-order valence-electron chi connectivity index (χ3n) is 6.08. The summed E-state index contributed by atoms with van der Waals surface area (Å²) in [5.41, 5.74) is 1.62. The van der Waals surface area contributed by atoms with E-state index in [0.717, 1.165) is 18.4 Å². The summed E-state index contributed by atoms with van der Waals surface area (Å²) in [5.74, 6) is 0.178. The van der Waals surface area contributed by atoms with Crippen LogP contribution in [0.15, 0.2) is 65.6 Å². The van der Waals surface area contributed by atoms with E-state index in [1.54, 1.807) is 34.8 Å². The minimum atomic E-state index is -3.22. The zero-order chi connectivity index (χ0) is 23.7. The van der Waals surface area contributed by atoms with Gasteiger partial charge in [-0.05, 0) is 36.6 Å². The van der Waals surface area contributed by atoms with Crippen LogP contribution >= 0.6 is 11.6 Å². The standard InChI is InChI=1S/C24H25ClN4O4S/c25-19-7-4-8-20(15-19)29-24(30)23(33-17-18-5-2-1-3-6-18)22(16-26-29)27-11-13-28(14-12-27)34(31,32)21-9-10-21/h1-8,15-16,21H,9-14,17H2. The number of hydrogen-bond acceptors (Lipinski definition) is 6. The van der Waals surface area contributed by atoms with E-state index in [9.17, 15) is 13.2 Å². The van der Waals surface area contributed by atoms with Crippen molar-refractivity contribution in [3.8, 4) is 11.4 Å². The second-order valence-electron chi connectivity index (χ2n) is 8.46. The molecule has 3 aromatic rings. The summed E-state index contributed by atoms with van der Waals surface area (Å²) in [4.78, 5) is 15.5. The normalized spacial score (nSPS) is 17.0. The van der Waals surface area contributed by atoms with Crippen molar-refractivity contribution < 1.29 is 13.2 Å². The van der Waals surface area contributed by atoms with Crippen molar-refractivity contribution in [3.63, 3.8) is 0 Å². The van der Waals surface area contributed by atoms with Crippen LogP contribution in [0.4, 0.5) is 5.69 Å². The molecule has 0 spiro atoms. The molecule has 1 aliphatic heterocycles. The van der Waals surface area contributed by atoms with E-state index in [2.05, 4.69) is 5.10 Å². The Morgan fingerprint density at radius 2 is 1.74 bits per heavy atom. The number of sulfonamides is 1. The molecular weight excluding hydrogens is 476 g/mol. The molecule has 8 nitrogen and oxygen atoms in total. The summed E-state index contributed by atoms with van der Waals surface area (Å²) in [7, 11) is -3.22. The molecule has 2 aromatic carbocycles. The van der Waals surface area contributed by atoms with Crippen molar-refractivity contribution in [2.24, 2.45) is 0 Å². The van der Waals surface area contributed by atoms with Crippen LogP contribution in [0.25, 0.3) is 5.69 Å². The van der Waals surface area contributed by atoms with Gasteiger partial charge in [-0.3, -0.25) is 4.79 Å². The molecule has 1 saturated carbocycles.